The second-order valence-corrected chi connectivity index (χ2v) is 10.1. The van der Waals surface area contributed by atoms with Crippen LogP contribution in [0.4, 0.5) is 0 Å². The van der Waals surface area contributed by atoms with E-state index in [0.29, 0.717) is 22.7 Å². The first-order valence-corrected chi connectivity index (χ1v) is 9.15. The van der Waals surface area contributed by atoms with Gasteiger partial charge in [-0.3, -0.25) is 0 Å². The number of aldehydes is 1. The molecule has 0 radical (unpaired) electrons. The van der Waals surface area contributed by atoms with Crippen LogP contribution >= 0.6 is 0 Å². The molecule has 0 aliphatic heterocycles. The number of nitrogens with zero attached hydrogens (tertiary/aromatic N) is 1. The summed E-state index contributed by atoms with van der Waals surface area (Å²) >= 11 is 0. The van der Waals surface area contributed by atoms with Crippen molar-refractivity contribution in [1.82, 2.24) is 0 Å². The van der Waals surface area contributed by atoms with Gasteiger partial charge in [0.25, 0.3) is 0 Å². The van der Waals surface area contributed by atoms with Crippen molar-refractivity contribution in [3.63, 3.8) is 0 Å². The fourth-order valence-corrected chi connectivity index (χ4v) is 3.97. The number of carbonyl (C=O) groups excluding carboxylic acids is 1. The fourth-order valence-electron chi connectivity index (χ4n) is 3.97. The highest BCUT2D eigenvalue weighted by Crippen LogP contribution is 2.40. The van der Waals surface area contributed by atoms with Crippen molar-refractivity contribution < 1.29 is 10.0 Å². The van der Waals surface area contributed by atoms with Gasteiger partial charge in [0.15, 0.2) is 0 Å². The summed E-state index contributed by atoms with van der Waals surface area (Å²) in [6.45, 7) is 13.6. The topological polar surface area (TPSA) is 49.7 Å². The lowest BCUT2D eigenvalue weighted by atomic mass is 9.69. The van der Waals surface area contributed by atoms with E-state index in [2.05, 4.69) is 46.7 Å². The molecule has 0 atom stereocenters. The molecule has 2 aliphatic rings. The lowest BCUT2D eigenvalue weighted by Gasteiger charge is -2.36. The zero-order chi connectivity index (χ0) is 17.7. The van der Waals surface area contributed by atoms with Gasteiger partial charge in [-0.15, -0.1) is 5.16 Å². The molecular formula is C20H37NO2. The molecule has 0 aromatic heterocycles. The third-order valence-corrected chi connectivity index (χ3v) is 4.82. The Bertz CT molecular complexity index is 377. The molecule has 0 saturated heterocycles. The lowest BCUT2D eigenvalue weighted by molar-refractivity contribution is -0.115. The van der Waals surface area contributed by atoms with Gasteiger partial charge in [0.2, 0.25) is 0 Å². The van der Waals surface area contributed by atoms with E-state index in [1.54, 1.807) is 6.21 Å². The molecule has 134 valence electrons. The second kappa shape index (κ2) is 8.30. The summed E-state index contributed by atoms with van der Waals surface area (Å²) < 4.78 is 0. The maximum atomic E-state index is 10.3. The highest BCUT2D eigenvalue weighted by Gasteiger charge is 2.32. The van der Waals surface area contributed by atoms with Gasteiger partial charge in [-0.1, -0.05) is 41.5 Å². The number of carbonyl (C=O) groups is 1. The third kappa shape index (κ3) is 8.53. The van der Waals surface area contributed by atoms with Crippen LogP contribution in [-0.2, 0) is 4.79 Å². The predicted molar refractivity (Wildman–Crippen MR) is 96.9 cm³/mol. The van der Waals surface area contributed by atoms with Crippen molar-refractivity contribution in [2.24, 2.45) is 39.7 Å². The average Bonchev–Trinajstić information content (AvgIpc) is 2.29. The molecular weight excluding hydrogens is 286 g/mol. The Morgan fingerprint density at radius 3 is 1.57 bits per heavy atom. The number of hydrogen-bond acceptors (Lipinski definition) is 3. The molecule has 2 saturated carbocycles. The van der Waals surface area contributed by atoms with Crippen LogP contribution in [0.25, 0.3) is 0 Å². The van der Waals surface area contributed by atoms with E-state index in [9.17, 15) is 4.79 Å². The van der Waals surface area contributed by atoms with Crippen molar-refractivity contribution in [2.75, 3.05) is 0 Å². The molecule has 3 heteroatoms. The molecule has 0 aromatic rings. The van der Waals surface area contributed by atoms with Gasteiger partial charge < -0.3 is 10.0 Å². The smallest absolute Gasteiger partial charge is 0.123 e. The molecule has 0 spiro atoms. The van der Waals surface area contributed by atoms with Crippen LogP contribution in [0.3, 0.4) is 0 Å². The van der Waals surface area contributed by atoms with Crippen LogP contribution in [0.5, 0.6) is 0 Å². The van der Waals surface area contributed by atoms with E-state index in [1.165, 1.54) is 25.7 Å². The molecule has 0 bridgehead atoms. The average molecular weight is 324 g/mol. The molecule has 0 amide bonds. The van der Waals surface area contributed by atoms with E-state index in [0.717, 1.165) is 31.0 Å². The zero-order valence-corrected chi connectivity index (χ0v) is 16.0. The summed E-state index contributed by atoms with van der Waals surface area (Å²) in [5.74, 6) is 2.61. The van der Waals surface area contributed by atoms with Crippen LogP contribution in [0, 0.1) is 34.5 Å². The quantitative estimate of drug-likeness (QED) is 0.319. The normalized spacial score (nSPS) is 30.9. The van der Waals surface area contributed by atoms with Gasteiger partial charge in [-0.25, -0.2) is 0 Å². The van der Waals surface area contributed by atoms with Crippen LogP contribution in [0.1, 0.15) is 80.1 Å². The molecule has 2 aliphatic carbocycles. The monoisotopic (exact) mass is 323 g/mol. The summed E-state index contributed by atoms with van der Waals surface area (Å²) in [5, 5.41) is 11.4. The minimum absolute atomic E-state index is 0.391. The Morgan fingerprint density at radius 2 is 1.26 bits per heavy atom. The van der Waals surface area contributed by atoms with Gasteiger partial charge in [0.1, 0.15) is 6.29 Å². The number of rotatable bonds is 4. The van der Waals surface area contributed by atoms with Gasteiger partial charge in [-0.2, -0.15) is 0 Å². The molecule has 0 unspecified atom stereocenters. The van der Waals surface area contributed by atoms with E-state index in [1.807, 2.05) is 0 Å². The second-order valence-electron chi connectivity index (χ2n) is 10.1. The minimum Gasteiger partial charge on any atom is -0.411 e. The fraction of sp³-hybridized carbons (Fsp3) is 0.900. The van der Waals surface area contributed by atoms with Gasteiger partial charge >= 0.3 is 0 Å². The van der Waals surface area contributed by atoms with Gasteiger partial charge in [0.05, 0.1) is 0 Å². The van der Waals surface area contributed by atoms with E-state index in [-0.39, 0.29) is 0 Å². The minimum atomic E-state index is 0.391. The molecule has 1 N–H and O–H groups in total. The van der Waals surface area contributed by atoms with Crippen molar-refractivity contribution in [3.05, 3.63) is 0 Å². The standard InChI is InChI=1S/C10H19NO.C10H18O/c1-10(2,3)6-8-4-9(5-8)7-11-12;1-10(2,3)6-8-4-9(5-8)7-11/h7-9,12H,4-6H2,1-3H3;7-9H,4-6H2,1-3H3/b11-7+;. The molecule has 0 aromatic carbocycles. The molecule has 2 fully saturated rings. The molecule has 0 heterocycles. The first kappa shape index (κ1) is 20.2. The molecule has 2 rings (SSSR count). The number of oxime groups is 1. The third-order valence-electron chi connectivity index (χ3n) is 4.82. The van der Waals surface area contributed by atoms with Crippen molar-refractivity contribution in [1.29, 1.82) is 0 Å². The summed E-state index contributed by atoms with van der Waals surface area (Å²) in [4.78, 5) is 10.3. The number of hydrogen-bond donors (Lipinski definition) is 1. The zero-order valence-electron chi connectivity index (χ0n) is 16.0. The maximum Gasteiger partial charge on any atom is 0.123 e. The van der Waals surface area contributed by atoms with Crippen molar-refractivity contribution in [3.8, 4) is 0 Å². The van der Waals surface area contributed by atoms with Crippen molar-refractivity contribution >= 4 is 12.5 Å². The highest BCUT2D eigenvalue weighted by molar-refractivity contribution is 5.61. The predicted octanol–water partition coefficient (Wildman–Crippen LogP) is 5.56. The first-order valence-electron chi connectivity index (χ1n) is 9.15. The Balaban J connectivity index is 0.000000231. The first-order chi connectivity index (χ1) is 10.5. The summed E-state index contributed by atoms with van der Waals surface area (Å²) in [5.41, 5.74) is 0.893. The summed E-state index contributed by atoms with van der Waals surface area (Å²) in [6, 6.07) is 0. The van der Waals surface area contributed by atoms with Crippen molar-refractivity contribution in [2.45, 2.75) is 80.1 Å². The van der Waals surface area contributed by atoms with Gasteiger partial charge in [0, 0.05) is 12.1 Å². The van der Waals surface area contributed by atoms with Crippen LogP contribution in [-0.4, -0.2) is 17.7 Å². The lowest BCUT2D eigenvalue weighted by Crippen LogP contribution is -2.28. The van der Waals surface area contributed by atoms with E-state index in [4.69, 9.17) is 5.21 Å². The van der Waals surface area contributed by atoms with Gasteiger partial charge in [-0.05, 0) is 67.1 Å². The summed E-state index contributed by atoms with van der Waals surface area (Å²) in [6.07, 6.45) is 10.0. The molecule has 23 heavy (non-hydrogen) atoms. The SMILES string of the molecule is CC(C)(C)CC1CC(/C=N/O)C1.CC(C)(C)CC1CC(C=O)C1. The van der Waals surface area contributed by atoms with Crippen LogP contribution in [0.2, 0.25) is 0 Å². The van der Waals surface area contributed by atoms with Crippen LogP contribution < -0.4 is 0 Å². The highest BCUT2D eigenvalue weighted by atomic mass is 16.4. The Labute approximate surface area is 142 Å². The maximum absolute atomic E-state index is 10.3. The van der Waals surface area contributed by atoms with E-state index < -0.39 is 0 Å². The largest absolute Gasteiger partial charge is 0.411 e. The summed E-state index contributed by atoms with van der Waals surface area (Å²) in [7, 11) is 0. The van der Waals surface area contributed by atoms with Crippen LogP contribution in [0.15, 0.2) is 5.16 Å². The Hall–Kier alpha value is -0.860. The Morgan fingerprint density at radius 1 is 0.870 bits per heavy atom. The van der Waals surface area contributed by atoms with E-state index >= 15 is 0 Å². The molecule has 3 nitrogen and oxygen atoms in total. The Kier molecular flexibility index (Phi) is 7.29.